The number of nitrogens with one attached hydrogen (secondary N) is 1. The normalized spacial score (nSPS) is 14.7. The molecule has 1 rings (SSSR count). The van der Waals surface area contributed by atoms with Crippen molar-refractivity contribution in [3.63, 3.8) is 0 Å². The number of nitrogens with zero attached hydrogens (tertiary/aromatic N) is 1. The average Bonchev–Trinajstić information content (AvgIpc) is 2.30. The van der Waals surface area contributed by atoms with Crippen LogP contribution in [0.2, 0.25) is 0 Å². The van der Waals surface area contributed by atoms with Gasteiger partial charge in [0.1, 0.15) is 5.82 Å². The first kappa shape index (κ1) is 16.9. The molecule has 0 radical (unpaired) electrons. The van der Waals surface area contributed by atoms with Crippen molar-refractivity contribution in [2.24, 2.45) is 5.84 Å². The molecule has 0 saturated heterocycles. The number of alkyl halides is 3. The Morgan fingerprint density at radius 1 is 1.20 bits per heavy atom. The van der Waals surface area contributed by atoms with E-state index in [9.17, 15) is 17.6 Å². The van der Waals surface area contributed by atoms with Gasteiger partial charge in [0.2, 0.25) is 0 Å². The molecule has 0 aliphatic heterocycles. The van der Waals surface area contributed by atoms with Crippen LogP contribution >= 0.6 is 0 Å². The second-order valence-corrected chi connectivity index (χ2v) is 5.38. The Morgan fingerprint density at radius 2 is 1.75 bits per heavy atom. The first-order chi connectivity index (χ1) is 9.01. The van der Waals surface area contributed by atoms with E-state index < -0.39 is 29.1 Å². The lowest BCUT2D eigenvalue weighted by molar-refractivity contribution is -0.140. The number of hydrogen-bond donors (Lipinski definition) is 2. The van der Waals surface area contributed by atoms with Crippen LogP contribution in [0.25, 0.3) is 0 Å². The quantitative estimate of drug-likeness (QED) is 0.509. The van der Waals surface area contributed by atoms with Crippen LogP contribution in [0, 0.1) is 5.82 Å². The van der Waals surface area contributed by atoms with Crippen molar-refractivity contribution in [2.75, 3.05) is 14.1 Å². The first-order valence-electron chi connectivity index (χ1n) is 6.02. The van der Waals surface area contributed by atoms with Crippen LogP contribution < -0.4 is 11.3 Å². The first-order valence-corrected chi connectivity index (χ1v) is 6.02. The third-order valence-corrected chi connectivity index (χ3v) is 3.65. The van der Waals surface area contributed by atoms with E-state index in [1.165, 1.54) is 6.07 Å². The Kier molecular flexibility index (Phi) is 4.78. The van der Waals surface area contributed by atoms with Gasteiger partial charge < -0.3 is 4.90 Å². The molecule has 0 fully saturated rings. The Morgan fingerprint density at radius 3 is 2.15 bits per heavy atom. The number of nitrogens with two attached hydrogens (primary N) is 1. The van der Waals surface area contributed by atoms with Crippen molar-refractivity contribution >= 4 is 0 Å². The molecule has 0 aromatic heterocycles. The largest absolute Gasteiger partial charge is 0.419 e. The molecule has 1 atom stereocenters. The molecule has 0 saturated carbocycles. The van der Waals surface area contributed by atoms with Crippen LogP contribution in [0.5, 0.6) is 0 Å². The SMILES string of the molecule is CN(C)C(C)(C)C(NN)c1ccc(F)c(C(F)(F)F)c1. The highest BCUT2D eigenvalue weighted by Crippen LogP contribution is 2.35. The monoisotopic (exact) mass is 293 g/mol. The molecule has 1 unspecified atom stereocenters. The molecular weight excluding hydrogens is 274 g/mol. The summed E-state index contributed by atoms with van der Waals surface area (Å²) in [5, 5.41) is 0. The zero-order chi connectivity index (χ0) is 15.7. The predicted octanol–water partition coefficient (Wildman–Crippen LogP) is 2.69. The fourth-order valence-electron chi connectivity index (χ4n) is 1.91. The molecule has 1 aromatic rings. The fourth-order valence-corrected chi connectivity index (χ4v) is 1.91. The molecule has 0 aliphatic carbocycles. The highest BCUT2D eigenvalue weighted by Gasteiger charge is 2.37. The van der Waals surface area contributed by atoms with E-state index in [1.54, 1.807) is 14.1 Å². The Balaban J connectivity index is 3.32. The number of halogens is 4. The summed E-state index contributed by atoms with van der Waals surface area (Å²) >= 11 is 0. The van der Waals surface area contributed by atoms with Crippen LogP contribution in [0.1, 0.15) is 31.0 Å². The highest BCUT2D eigenvalue weighted by molar-refractivity contribution is 5.31. The smallest absolute Gasteiger partial charge is 0.302 e. The van der Waals surface area contributed by atoms with Crippen LogP contribution in [-0.4, -0.2) is 24.5 Å². The lowest BCUT2D eigenvalue weighted by Crippen LogP contribution is -2.51. The number of hydrogen-bond acceptors (Lipinski definition) is 3. The molecule has 0 amide bonds. The minimum absolute atomic E-state index is 0.278. The van der Waals surface area contributed by atoms with Crippen molar-refractivity contribution in [3.8, 4) is 0 Å². The van der Waals surface area contributed by atoms with Gasteiger partial charge in [0.15, 0.2) is 0 Å². The summed E-state index contributed by atoms with van der Waals surface area (Å²) < 4.78 is 51.6. The Bertz CT molecular complexity index is 469. The van der Waals surface area contributed by atoms with Gasteiger partial charge in [-0.3, -0.25) is 11.3 Å². The molecule has 0 bridgehead atoms. The number of benzene rings is 1. The molecule has 7 heteroatoms. The van der Waals surface area contributed by atoms with Crippen LogP contribution in [0.3, 0.4) is 0 Å². The standard InChI is InChI=1S/C13H19F4N3/c1-12(2,20(3)4)11(19-18)8-5-6-10(14)9(7-8)13(15,16)17/h5-7,11,19H,18H2,1-4H3. The minimum atomic E-state index is -4.73. The van der Waals surface area contributed by atoms with E-state index in [0.717, 1.165) is 12.1 Å². The summed E-state index contributed by atoms with van der Waals surface area (Å²) in [6.45, 7) is 3.66. The van der Waals surface area contributed by atoms with Crippen molar-refractivity contribution in [3.05, 3.63) is 35.1 Å². The number of rotatable bonds is 4. The van der Waals surface area contributed by atoms with E-state index >= 15 is 0 Å². The Hall–Kier alpha value is -1.18. The molecule has 0 spiro atoms. The van der Waals surface area contributed by atoms with Gasteiger partial charge in [-0.05, 0) is 45.6 Å². The van der Waals surface area contributed by atoms with E-state index in [0.29, 0.717) is 0 Å². The molecule has 3 N–H and O–H groups in total. The zero-order valence-electron chi connectivity index (χ0n) is 11.8. The van der Waals surface area contributed by atoms with Crippen molar-refractivity contribution < 1.29 is 17.6 Å². The van der Waals surface area contributed by atoms with Crippen molar-refractivity contribution in [1.29, 1.82) is 0 Å². The van der Waals surface area contributed by atoms with Crippen molar-refractivity contribution in [1.82, 2.24) is 10.3 Å². The summed E-state index contributed by atoms with van der Waals surface area (Å²) in [4.78, 5) is 1.83. The van der Waals surface area contributed by atoms with Gasteiger partial charge in [0, 0.05) is 5.54 Å². The fraction of sp³-hybridized carbons (Fsp3) is 0.538. The topological polar surface area (TPSA) is 41.3 Å². The molecule has 0 aliphatic rings. The summed E-state index contributed by atoms with van der Waals surface area (Å²) in [5.74, 6) is 4.18. The lowest BCUT2D eigenvalue weighted by atomic mass is 9.87. The van der Waals surface area contributed by atoms with Gasteiger partial charge >= 0.3 is 6.18 Å². The number of hydrazine groups is 1. The van der Waals surface area contributed by atoms with Gasteiger partial charge in [-0.2, -0.15) is 13.2 Å². The molecule has 20 heavy (non-hydrogen) atoms. The second-order valence-electron chi connectivity index (χ2n) is 5.38. The Labute approximate surface area is 115 Å². The highest BCUT2D eigenvalue weighted by atomic mass is 19.4. The second kappa shape index (κ2) is 5.67. The van der Waals surface area contributed by atoms with Crippen LogP contribution in [-0.2, 0) is 6.18 Å². The van der Waals surface area contributed by atoms with Gasteiger partial charge in [-0.15, -0.1) is 0 Å². The summed E-state index contributed by atoms with van der Waals surface area (Å²) in [6.07, 6.45) is -4.73. The maximum atomic E-state index is 13.3. The maximum absolute atomic E-state index is 13.3. The lowest BCUT2D eigenvalue weighted by Gasteiger charge is -2.40. The molecular formula is C13H19F4N3. The van der Waals surface area contributed by atoms with E-state index in [4.69, 9.17) is 5.84 Å². The zero-order valence-corrected chi connectivity index (χ0v) is 11.8. The van der Waals surface area contributed by atoms with Gasteiger partial charge in [0.05, 0.1) is 11.6 Å². The summed E-state index contributed by atoms with van der Waals surface area (Å²) in [7, 11) is 3.58. The third kappa shape index (κ3) is 3.28. The van der Waals surface area contributed by atoms with E-state index in [-0.39, 0.29) is 5.56 Å². The van der Waals surface area contributed by atoms with Crippen LogP contribution in [0.15, 0.2) is 18.2 Å². The van der Waals surface area contributed by atoms with Gasteiger partial charge in [0.25, 0.3) is 0 Å². The third-order valence-electron chi connectivity index (χ3n) is 3.65. The van der Waals surface area contributed by atoms with Gasteiger partial charge in [-0.25, -0.2) is 4.39 Å². The van der Waals surface area contributed by atoms with E-state index in [2.05, 4.69) is 5.43 Å². The summed E-state index contributed by atoms with van der Waals surface area (Å²) in [6, 6.07) is 2.33. The van der Waals surface area contributed by atoms with Crippen molar-refractivity contribution in [2.45, 2.75) is 31.6 Å². The molecule has 114 valence electrons. The average molecular weight is 293 g/mol. The summed E-state index contributed by atoms with van der Waals surface area (Å²) in [5.41, 5.74) is 0.937. The van der Waals surface area contributed by atoms with Gasteiger partial charge in [-0.1, -0.05) is 6.07 Å². The predicted molar refractivity (Wildman–Crippen MR) is 69.2 cm³/mol. The molecule has 3 nitrogen and oxygen atoms in total. The minimum Gasteiger partial charge on any atom is -0.302 e. The number of likely N-dealkylation sites (N-methyl/N-ethyl adjacent to an activating group) is 1. The maximum Gasteiger partial charge on any atom is 0.419 e. The van der Waals surface area contributed by atoms with Crippen LogP contribution in [0.4, 0.5) is 17.6 Å². The van der Waals surface area contributed by atoms with E-state index in [1.807, 2.05) is 18.7 Å². The molecule has 0 heterocycles. The molecule has 1 aromatic carbocycles.